The zero-order valence-corrected chi connectivity index (χ0v) is 14.6. The lowest BCUT2D eigenvalue weighted by Gasteiger charge is -2.16. The first-order valence-electron chi connectivity index (χ1n) is 7.33. The molecule has 1 heterocycles. The van der Waals surface area contributed by atoms with Crippen LogP contribution in [0.2, 0.25) is 0 Å². The fraction of sp³-hybridized carbons (Fsp3) is 0.235. The third-order valence-electron chi connectivity index (χ3n) is 2.95. The topological polar surface area (TPSA) is 52.6 Å². The van der Waals surface area contributed by atoms with Crippen molar-refractivity contribution in [3.8, 4) is 5.75 Å². The van der Waals surface area contributed by atoms with Crippen molar-refractivity contribution >= 4 is 30.8 Å². The molecule has 0 fully saturated rings. The van der Waals surface area contributed by atoms with Gasteiger partial charge in [0.05, 0.1) is 13.0 Å². The van der Waals surface area contributed by atoms with E-state index in [1.54, 1.807) is 42.3 Å². The van der Waals surface area contributed by atoms with Crippen LogP contribution in [0, 0.1) is 0 Å². The van der Waals surface area contributed by atoms with Gasteiger partial charge in [0.1, 0.15) is 5.75 Å². The summed E-state index contributed by atoms with van der Waals surface area (Å²) >= 11 is 1.55. The Kier molecular flexibility index (Phi) is 6.63. The van der Waals surface area contributed by atoms with Gasteiger partial charge in [-0.25, -0.2) is 0 Å². The molecule has 0 aliphatic heterocycles. The molecule has 2 aromatic rings. The SMILES string of the molecule is CCOC(=O)CCP(=O)(/C=C/c1cccs1)Oc1ccccc1. The molecule has 1 aromatic carbocycles. The highest BCUT2D eigenvalue weighted by Crippen LogP contribution is 2.49. The summed E-state index contributed by atoms with van der Waals surface area (Å²) in [5, 5.41) is 1.95. The van der Waals surface area contributed by atoms with E-state index in [0.29, 0.717) is 12.4 Å². The first kappa shape index (κ1) is 17.5. The van der Waals surface area contributed by atoms with Crippen molar-refractivity contribution in [2.45, 2.75) is 13.3 Å². The number of carbonyl (C=O) groups excluding carboxylic acids is 1. The fourth-order valence-electron chi connectivity index (χ4n) is 1.86. The maximum Gasteiger partial charge on any atom is 0.306 e. The minimum Gasteiger partial charge on any atom is -0.466 e. The first-order valence-corrected chi connectivity index (χ1v) is 10.1. The summed E-state index contributed by atoms with van der Waals surface area (Å²) in [6.07, 6.45) is 1.95. The number of rotatable bonds is 8. The van der Waals surface area contributed by atoms with Crippen molar-refractivity contribution in [1.29, 1.82) is 0 Å². The molecule has 0 saturated heterocycles. The lowest BCUT2D eigenvalue weighted by molar-refractivity contribution is -0.142. The molecule has 1 atom stereocenters. The van der Waals surface area contributed by atoms with Crippen LogP contribution in [-0.4, -0.2) is 18.7 Å². The molecule has 6 heteroatoms. The maximum atomic E-state index is 13.1. The quantitative estimate of drug-likeness (QED) is 0.495. The number of para-hydroxylation sites is 1. The van der Waals surface area contributed by atoms with E-state index >= 15 is 0 Å². The van der Waals surface area contributed by atoms with Gasteiger partial charge in [-0.1, -0.05) is 24.3 Å². The third-order valence-corrected chi connectivity index (χ3v) is 5.75. The van der Waals surface area contributed by atoms with Gasteiger partial charge >= 0.3 is 5.97 Å². The number of hydrogen-bond acceptors (Lipinski definition) is 5. The van der Waals surface area contributed by atoms with Crippen molar-refractivity contribution in [2.75, 3.05) is 12.8 Å². The van der Waals surface area contributed by atoms with Gasteiger partial charge in [-0.2, -0.15) is 0 Å². The summed E-state index contributed by atoms with van der Waals surface area (Å²) in [5.74, 6) is 1.73. The summed E-state index contributed by atoms with van der Waals surface area (Å²) in [4.78, 5) is 12.5. The zero-order chi connectivity index (χ0) is 16.5. The molecule has 4 nitrogen and oxygen atoms in total. The smallest absolute Gasteiger partial charge is 0.306 e. The lowest BCUT2D eigenvalue weighted by atomic mass is 10.3. The van der Waals surface area contributed by atoms with E-state index in [4.69, 9.17) is 9.26 Å². The van der Waals surface area contributed by atoms with Gasteiger partial charge in [0.25, 0.3) is 7.37 Å². The highest BCUT2D eigenvalue weighted by molar-refractivity contribution is 7.62. The summed E-state index contributed by atoms with van der Waals surface area (Å²) < 4.78 is 23.7. The molecule has 122 valence electrons. The Labute approximate surface area is 140 Å². The molecule has 1 aromatic heterocycles. The van der Waals surface area contributed by atoms with Gasteiger partial charge < -0.3 is 9.26 Å². The highest BCUT2D eigenvalue weighted by Gasteiger charge is 2.23. The summed E-state index contributed by atoms with van der Waals surface area (Å²) in [5.41, 5.74) is 0. The molecule has 23 heavy (non-hydrogen) atoms. The monoisotopic (exact) mass is 350 g/mol. The van der Waals surface area contributed by atoms with Crippen LogP contribution in [0.25, 0.3) is 6.08 Å². The predicted molar refractivity (Wildman–Crippen MR) is 94.1 cm³/mol. The Bertz CT molecular complexity index is 680. The fourth-order valence-corrected chi connectivity index (χ4v) is 4.24. The van der Waals surface area contributed by atoms with Crippen LogP contribution < -0.4 is 4.52 Å². The normalized spacial score (nSPS) is 13.6. The molecule has 0 N–H and O–H groups in total. The average Bonchev–Trinajstić information content (AvgIpc) is 3.06. The number of thiophene rings is 1. The molecule has 1 unspecified atom stereocenters. The minimum absolute atomic E-state index is 0.0622. The van der Waals surface area contributed by atoms with E-state index in [0.717, 1.165) is 4.88 Å². The molecule has 2 rings (SSSR count). The Hall–Kier alpha value is -1.84. The van der Waals surface area contributed by atoms with E-state index in [-0.39, 0.29) is 18.6 Å². The Morgan fingerprint density at radius 2 is 2.00 bits per heavy atom. The van der Waals surface area contributed by atoms with Gasteiger partial charge in [-0.05, 0) is 36.6 Å². The standard InChI is InChI=1S/C17H19O4PS/c1-2-20-17(18)11-13-22(19,12-10-16-9-6-14-23-16)21-15-7-4-3-5-8-15/h3-10,12,14H,2,11,13H2,1H3/b12-10+. The largest absolute Gasteiger partial charge is 0.466 e. The lowest BCUT2D eigenvalue weighted by Crippen LogP contribution is -2.07. The predicted octanol–water partition coefficient (Wildman–Crippen LogP) is 5.03. The highest BCUT2D eigenvalue weighted by atomic mass is 32.1. The van der Waals surface area contributed by atoms with E-state index in [1.165, 1.54) is 0 Å². The minimum atomic E-state index is -3.13. The molecular weight excluding hydrogens is 331 g/mol. The third kappa shape index (κ3) is 6.05. The molecular formula is C17H19O4PS. The number of ether oxygens (including phenoxy) is 1. The number of esters is 1. The van der Waals surface area contributed by atoms with Gasteiger partial charge in [0.15, 0.2) is 0 Å². The number of carbonyl (C=O) groups is 1. The van der Waals surface area contributed by atoms with E-state index < -0.39 is 7.37 Å². The Balaban J connectivity index is 2.12. The second kappa shape index (κ2) is 8.70. The Morgan fingerprint density at radius 1 is 1.22 bits per heavy atom. The number of benzene rings is 1. The van der Waals surface area contributed by atoms with Crippen molar-refractivity contribution in [3.63, 3.8) is 0 Å². The molecule has 0 saturated carbocycles. The zero-order valence-electron chi connectivity index (χ0n) is 12.9. The van der Waals surface area contributed by atoms with Crippen molar-refractivity contribution in [1.82, 2.24) is 0 Å². The van der Waals surface area contributed by atoms with Crippen LogP contribution in [0.4, 0.5) is 0 Å². The molecule has 0 bridgehead atoms. The molecule has 0 aliphatic rings. The van der Waals surface area contributed by atoms with E-state index in [2.05, 4.69) is 0 Å². The summed E-state index contributed by atoms with van der Waals surface area (Å²) in [7, 11) is -3.13. The van der Waals surface area contributed by atoms with Crippen LogP contribution in [-0.2, 0) is 14.1 Å². The molecule has 0 aliphatic carbocycles. The van der Waals surface area contributed by atoms with Gasteiger partial charge in [-0.15, -0.1) is 11.3 Å². The van der Waals surface area contributed by atoms with Gasteiger partial charge in [0.2, 0.25) is 0 Å². The number of hydrogen-bond donors (Lipinski definition) is 0. The maximum absolute atomic E-state index is 13.1. The van der Waals surface area contributed by atoms with Crippen LogP contribution in [0.3, 0.4) is 0 Å². The van der Waals surface area contributed by atoms with Crippen molar-refractivity contribution < 1.29 is 18.6 Å². The second-order valence-corrected chi connectivity index (χ2v) is 8.10. The van der Waals surface area contributed by atoms with Crippen LogP contribution in [0.15, 0.2) is 53.7 Å². The van der Waals surface area contributed by atoms with E-state index in [1.807, 2.05) is 35.7 Å². The van der Waals surface area contributed by atoms with E-state index in [9.17, 15) is 9.36 Å². The van der Waals surface area contributed by atoms with Crippen LogP contribution in [0.1, 0.15) is 18.2 Å². The second-order valence-electron chi connectivity index (χ2n) is 4.74. The van der Waals surface area contributed by atoms with Crippen molar-refractivity contribution in [2.24, 2.45) is 0 Å². The van der Waals surface area contributed by atoms with Crippen LogP contribution >= 0.6 is 18.7 Å². The van der Waals surface area contributed by atoms with Crippen LogP contribution in [0.5, 0.6) is 5.75 Å². The molecule has 0 amide bonds. The first-order chi connectivity index (χ1) is 11.1. The average molecular weight is 350 g/mol. The summed E-state index contributed by atoms with van der Waals surface area (Å²) in [6, 6.07) is 12.8. The summed E-state index contributed by atoms with van der Waals surface area (Å²) in [6.45, 7) is 2.06. The van der Waals surface area contributed by atoms with Crippen molar-refractivity contribution in [3.05, 3.63) is 58.5 Å². The molecule has 0 spiro atoms. The molecule has 0 radical (unpaired) electrons. The Morgan fingerprint density at radius 3 is 2.65 bits per heavy atom. The van der Waals surface area contributed by atoms with Gasteiger partial charge in [-0.3, -0.25) is 9.36 Å². The van der Waals surface area contributed by atoms with Gasteiger partial charge in [0, 0.05) is 16.9 Å².